The lowest BCUT2D eigenvalue weighted by Gasteiger charge is -2.12. The minimum Gasteiger partial charge on any atom is -0.322 e. The summed E-state index contributed by atoms with van der Waals surface area (Å²) in [6.07, 6.45) is 0. The van der Waals surface area contributed by atoms with Crippen LogP contribution < -0.4 is 5.32 Å². The number of benzene rings is 3. The lowest BCUT2D eigenvalue weighted by molar-refractivity contribution is -0.384. The average molecular weight is 445 g/mol. The molecule has 0 bridgehead atoms. The molecule has 0 aliphatic rings. The molecule has 1 heterocycles. The average Bonchev–Trinajstić information content (AvgIpc) is 2.81. The Morgan fingerprint density at radius 1 is 1.03 bits per heavy atom. The van der Waals surface area contributed by atoms with Gasteiger partial charge in [-0.15, -0.1) is 22.0 Å². The van der Waals surface area contributed by atoms with E-state index in [1.54, 1.807) is 11.8 Å². The normalized spacial score (nSPS) is 10.8. The summed E-state index contributed by atoms with van der Waals surface area (Å²) < 4.78 is 0. The molecule has 0 aliphatic carbocycles. The van der Waals surface area contributed by atoms with Gasteiger partial charge in [-0.05, 0) is 36.4 Å². The number of nitrogens with zero attached hydrogens (tertiary/aromatic N) is 3. The van der Waals surface area contributed by atoms with Gasteiger partial charge in [-0.3, -0.25) is 14.9 Å². The van der Waals surface area contributed by atoms with Crippen LogP contribution in [0.3, 0.4) is 0 Å². The third-order valence-corrected chi connectivity index (χ3v) is 5.90. The maximum absolute atomic E-state index is 12.7. The van der Waals surface area contributed by atoms with Crippen molar-refractivity contribution in [3.05, 3.63) is 88.0 Å². The van der Waals surface area contributed by atoms with Crippen LogP contribution in [0.4, 0.5) is 11.4 Å². The number of carbonyl (C=O) groups excluding carboxylic acids is 1. The molecule has 4 rings (SSSR count). The summed E-state index contributed by atoms with van der Waals surface area (Å²) in [5, 5.41) is 25.6. The summed E-state index contributed by atoms with van der Waals surface area (Å²) in [4.78, 5) is 23.1. The fraction of sp³-hybridized carbons (Fsp3) is 0.125. The van der Waals surface area contributed by atoms with Gasteiger partial charge in [-0.1, -0.05) is 43.3 Å². The molecule has 3 aromatic carbocycles. The van der Waals surface area contributed by atoms with Crippen LogP contribution in [-0.2, 0) is 0 Å². The number of anilines is 1. The lowest BCUT2D eigenvalue weighted by atomic mass is 10.0. The second kappa shape index (κ2) is 9.15. The second-order valence-corrected chi connectivity index (χ2v) is 8.37. The van der Waals surface area contributed by atoms with E-state index in [0.717, 1.165) is 38.4 Å². The van der Waals surface area contributed by atoms with E-state index in [2.05, 4.69) is 22.4 Å². The molecule has 0 aliphatic heterocycles. The van der Waals surface area contributed by atoms with Crippen molar-refractivity contribution in [1.29, 1.82) is 0 Å². The van der Waals surface area contributed by atoms with Crippen molar-refractivity contribution in [2.75, 3.05) is 11.1 Å². The van der Waals surface area contributed by atoms with Gasteiger partial charge in [0, 0.05) is 39.7 Å². The molecule has 1 aromatic heterocycles. The first-order chi connectivity index (χ1) is 15.5. The number of hydrogen-bond acceptors (Lipinski definition) is 6. The molecule has 0 radical (unpaired) electrons. The minimum absolute atomic E-state index is 0.0603. The predicted octanol–water partition coefficient (Wildman–Crippen LogP) is 5.88. The van der Waals surface area contributed by atoms with Crippen LogP contribution >= 0.6 is 11.8 Å². The summed E-state index contributed by atoms with van der Waals surface area (Å²) in [7, 11) is 0. The molecule has 0 spiro atoms. The van der Waals surface area contributed by atoms with Crippen LogP contribution in [0.25, 0.3) is 22.0 Å². The van der Waals surface area contributed by atoms with Crippen molar-refractivity contribution in [1.82, 2.24) is 10.2 Å². The predicted molar refractivity (Wildman–Crippen MR) is 127 cm³/mol. The Balaban J connectivity index is 1.68. The Hall–Kier alpha value is -3.78. The molecule has 4 aromatic rings. The Bertz CT molecular complexity index is 1320. The number of non-ortho nitro benzene ring substituents is 1. The minimum atomic E-state index is -0.495. The molecule has 0 saturated heterocycles. The number of aryl methyl sites for hydroxylation is 1. The highest BCUT2D eigenvalue weighted by atomic mass is 32.2. The highest BCUT2D eigenvalue weighted by Crippen LogP contribution is 2.33. The van der Waals surface area contributed by atoms with Gasteiger partial charge in [0.05, 0.1) is 4.92 Å². The van der Waals surface area contributed by atoms with Crippen molar-refractivity contribution in [3.8, 4) is 11.3 Å². The Morgan fingerprint density at radius 3 is 2.44 bits per heavy atom. The molecule has 1 amide bonds. The van der Waals surface area contributed by atoms with Gasteiger partial charge in [0.25, 0.3) is 11.6 Å². The van der Waals surface area contributed by atoms with E-state index >= 15 is 0 Å². The van der Waals surface area contributed by atoms with Gasteiger partial charge in [0.1, 0.15) is 10.7 Å². The van der Waals surface area contributed by atoms with Crippen LogP contribution in [0.1, 0.15) is 22.8 Å². The highest BCUT2D eigenvalue weighted by molar-refractivity contribution is 7.99. The number of nitro groups is 1. The molecule has 0 atom stereocenters. The van der Waals surface area contributed by atoms with Gasteiger partial charge in [-0.25, -0.2) is 0 Å². The van der Waals surface area contributed by atoms with Gasteiger partial charge in [0.15, 0.2) is 0 Å². The van der Waals surface area contributed by atoms with Gasteiger partial charge in [-0.2, -0.15) is 0 Å². The molecule has 160 valence electrons. The highest BCUT2D eigenvalue weighted by Gasteiger charge is 2.14. The molecule has 7 nitrogen and oxygen atoms in total. The molecule has 0 fully saturated rings. The fourth-order valence-corrected chi connectivity index (χ4v) is 4.07. The zero-order valence-electron chi connectivity index (χ0n) is 17.5. The van der Waals surface area contributed by atoms with Crippen molar-refractivity contribution in [3.63, 3.8) is 0 Å². The number of thioether (sulfide) groups is 1. The van der Waals surface area contributed by atoms with Crippen LogP contribution in [0.2, 0.25) is 0 Å². The second-order valence-electron chi connectivity index (χ2n) is 7.12. The summed E-state index contributed by atoms with van der Waals surface area (Å²) >= 11 is 1.65. The summed E-state index contributed by atoms with van der Waals surface area (Å²) in [6, 6.07) is 19.3. The Kier molecular flexibility index (Phi) is 6.13. The summed E-state index contributed by atoms with van der Waals surface area (Å²) in [5.41, 5.74) is 3.39. The van der Waals surface area contributed by atoms with E-state index in [9.17, 15) is 14.9 Å². The lowest BCUT2D eigenvalue weighted by Crippen LogP contribution is -2.13. The zero-order valence-corrected chi connectivity index (χ0v) is 18.3. The number of nitro benzene ring substituents is 1. The van der Waals surface area contributed by atoms with Crippen molar-refractivity contribution < 1.29 is 9.72 Å². The SMILES string of the molecule is CCSc1nnc(-c2ccc(C)c(NC(=O)c3ccc([N+](=O)[O-])cc3)c2)c2ccccc12. The van der Waals surface area contributed by atoms with E-state index in [1.165, 1.54) is 24.3 Å². The molecule has 1 N–H and O–H groups in total. The fourth-order valence-electron chi connectivity index (χ4n) is 3.37. The van der Waals surface area contributed by atoms with E-state index in [-0.39, 0.29) is 11.6 Å². The van der Waals surface area contributed by atoms with E-state index in [4.69, 9.17) is 0 Å². The monoisotopic (exact) mass is 444 g/mol. The summed E-state index contributed by atoms with van der Waals surface area (Å²) in [6.45, 7) is 3.98. The molecule has 0 unspecified atom stereocenters. The topological polar surface area (TPSA) is 98.0 Å². The number of hydrogen-bond donors (Lipinski definition) is 1. The molecule has 0 saturated carbocycles. The van der Waals surface area contributed by atoms with Crippen LogP contribution in [0.15, 0.2) is 71.8 Å². The molecule has 32 heavy (non-hydrogen) atoms. The molecule has 8 heteroatoms. The number of amides is 1. The van der Waals surface area contributed by atoms with Crippen molar-refractivity contribution >= 4 is 39.8 Å². The largest absolute Gasteiger partial charge is 0.322 e. The van der Waals surface area contributed by atoms with E-state index in [1.807, 2.05) is 49.4 Å². The quantitative estimate of drug-likeness (QED) is 0.227. The van der Waals surface area contributed by atoms with E-state index < -0.39 is 4.92 Å². The van der Waals surface area contributed by atoms with Crippen LogP contribution in [0, 0.1) is 17.0 Å². The number of nitrogens with one attached hydrogen (secondary N) is 1. The first-order valence-electron chi connectivity index (χ1n) is 10.0. The third-order valence-electron chi connectivity index (χ3n) is 5.03. The third kappa shape index (κ3) is 4.31. The number of fused-ring (bicyclic) bond motifs is 1. The Labute approximate surface area is 189 Å². The Morgan fingerprint density at radius 2 is 1.75 bits per heavy atom. The number of rotatable bonds is 6. The van der Waals surface area contributed by atoms with Crippen molar-refractivity contribution in [2.24, 2.45) is 0 Å². The van der Waals surface area contributed by atoms with E-state index in [0.29, 0.717) is 11.3 Å². The summed E-state index contributed by atoms with van der Waals surface area (Å²) in [5.74, 6) is 0.562. The first kappa shape index (κ1) is 21.5. The maximum atomic E-state index is 12.7. The molecular weight excluding hydrogens is 424 g/mol. The first-order valence-corrected chi connectivity index (χ1v) is 11.0. The number of carbonyl (C=O) groups is 1. The standard InChI is InChI=1S/C24H20N4O3S/c1-3-32-24-20-7-5-4-6-19(20)22(26-27-24)17-9-8-15(2)21(14-17)25-23(29)16-10-12-18(13-11-16)28(30)31/h4-14H,3H2,1-2H3,(H,25,29). The molecular formula is C24H20N4O3S. The number of aromatic nitrogens is 2. The zero-order chi connectivity index (χ0) is 22.7. The maximum Gasteiger partial charge on any atom is 0.269 e. The van der Waals surface area contributed by atoms with Gasteiger partial charge in [0.2, 0.25) is 0 Å². The smallest absolute Gasteiger partial charge is 0.269 e. The van der Waals surface area contributed by atoms with Gasteiger partial charge >= 0.3 is 0 Å². The van der Waals surface area contributed by atoms with Crippen molar-refractivity contribution in [2.45, 2.75) is 18.9 Å². The van der Waals surface area contributed by atoms with Gasteiger partial charge < -0.3 is 5.32 Å². The van der Waals surface area contributed by atoms with Crippen LogP contribution in [-0.4, -0.2) is 26.8 Å². The van der Waals surface area contributed by atoms with Crippen LogP contribution in [0.5, 0.6) is 0 Å².